The predicted molar refractivity (Wildman–Crippen MR) is 65.9 cm³/mol. The molecule has 17 heavy (non-hydrogen) atoms. The Balaban J connectivity index is 2.41. The van der Waals surface area contributed by atoms with E-state index in [2.05, 4.69) is 11.1 Å². The summed E-state index contributed by atoms with van der Waals surface area (Å²) in [6.07, 6.45) is 3.16. The molecule has 0 amide bonds. The van der Waals surface area contributed by atoms with E-state index in [1.165, 1.54) is 5.56 Å². The number of aliphatic hydroxyl groups excluding tert-OH is 1. The summed E-state index contributed by atoms with van der Waals surface area (Å²) in [5.41, 5.74) is 2.96. The van der Waals surface area contributed by atoms with Crippen LogP contribution < -0.4 is 4.90 Å². The van der Waals surface area contributed by atoms with Crippen LogP contribution >= 0.6 is 0 Å². The molecule has 4 heteroatoms. The fraction of sp³-hybridized carbons (Fsp3) is 0.538. The molecule has 0 radical (unpaired) electrons. The second-order valence-electron chi connectivity index (χ2n) is 4.23. The first-order valence-electron chi connectivity index (χ1n) is 6.08. The molecular weight excluding hydrogens is 214 g/mol. The normalized spacial score (nSPS) is 13.2. The molecular formula is C13H17N3O. The minimum Gasteiger partial charge on any atom is -0.395 e. The number of hydrogen-bond donors (Lipinski definition) is 1. The smallest absolute Gasteiger partial charge is 0.146 e. The van der Waals surface area contributed by atoms with Crippen molar-refractivity contribution in [2.45, 2.75) is 26.2 Å². The molecule has 4 nitrogen and oxygen atoms in total. The molecule has 0 aromatic carbocycles. The number of likely N-dealkylation sites (N-methyl/N-ethyl adjacent to an activating group) is 1. The molecule has 0 atom stereocenters. The predicted octanol–water partition coefficient (Wildman–Crippen LogP) is 1.26. The number of nitriles is 1. The van der Waals surface area contributed by atoms with Crippen molar-refractivity contribution in [3.63, 3.8) is 0 Å². The average Bonchev–Trinajstić information content (AvgIpc) is 2.81. The number of aromatic nitrogens is 1. The first-order valence-corrected chi connectivity index (χ1v) is 6.08. The van der Waals surface area contributed by atoms with Gasteiger partial charge in [0.05, 0.1) is 12.2 Å². The maximum Gasteiger partial charge on any atom is 0.146 e. The number of pyridine rings is 1. The second kappa shape index (κ2) is 5.15. The zero-order chi connectivity index (χ0) is 12.3. The molecule has 2 rings (SSSR count). The molecule has 90 valence electrons. The minimum atomic E-state index is 0.0808. The first-order chi connectivity index (χ1) is 8.30. The molecule has 1 aliphatic rings. The fourth-order valence-corrected chi connectivity index (χ4v) is 2.32. The van der Waals surface area contributed by atoms with E-state index in [1.807, 2.05) is 17.9 Å². The van der Waals surface area contributed by atoms with Crippen LogP contribution in [0.3, 0.4) is 0 Å². The van der Waals surface area contributed by atoms with Crippen molar-refractivity contribution in [2.24, 2.45) is 0 Å². The highest BCUT2D eigenvalue weighted by molar-refractivity contribution is 5.56. The number of anilines is 1. The van der Waals surface area contributed by atoms with Crippen molar-refractivity contribution in [3.05, 3.63) is 22.9 Å². The lowest BCUT2D eigenvalue weighted by Crippen LogP contribution is -2.28. The lowest BCUT2D eigenvalue weighted by molar-refractivity contribution is 0.302. The Kier molecular flexibility index (Phi) is 3.60. The Morgan fingerprint density at radius 2 is 2.35 bits per heavy atom. The van der Waals surface area contributed by atoms with Crippen LogP contribution in [0.1, 0.15) is 30.2 Å². The maximum atomic E-state index is 9.18. The molecule has 1 aromatic heterocycles. The van der Waals surface area contributed by atoms with Gasteiger partial charge in [0.15, 0.2) is 0 Å². The number of aryl methyl sites for hydroxylation is 2. The van der Waals surface area contributed by atoms with Crippen LogP contribution in [0.2, 0.25) is 0 Å². The summed E-state index contributed by atoms with van der Waals surface area (Å²) in [5, 5.41) is 18.2. The highest BCUT2D eigenvalue weighted by Crippen LogP contribution is 2.26. The maximum absolute atomic E-state index is 9.18. The van der Waals surface area contributed by atoms with Crippen LogP contribution in [0.5, 0.6) is 0 Å². The summed E-state index contributed by atoms with van der Waals surface area (Å²) in [6, 6.07) is 4.18. The molecule has 0 aliphatic heterocycles. The Hall–Kier alpha value is -1.60. The second-order valence-corrected chi connectivity index (χ2v) is 4.23. The number of rotatable bonds is 4. The van der Waals surface area contributed by atoms with Crippen LogP contribution in [0, 0.1) is 11.3 Å². The van der Waals surface area contributed by atoms with E-state index >= 15 is 0 Å². The van der Waals surface area contributed by atoms with Gasteiger partial charge in [-0.1, -0.05) is 0 Å². The SMILES string of the molecule is CCN(CCO)c1nc2c(cc1C#N)CCC2. The molecule has 0 saturated carbocycles. The Morgan fingerprint density at radius 3 is 3.00 bits per heavy atom. The largest absolute Gasteiger partial charge is 0.395 e. The molecule has 0 spiro atoms. The van der Waals surface area contributed by atoms with Crippen LogP contribution in [-0.4, -0.2) is 29.8 Å². The monoisotopic (exact) mass is 231 g/mol. The van der Waals surface area contributed by atoms with Gasteiger partial charge in [-0.05, 0) is 37.8 Å². The van der Waals surface area contributed by atoms with Gasteiger partial charge in [0, 0.05) is 18.8 Å². The Bertz CT molecular complexity index is 451. The summed E-state index contributed by atoms with van der Waals surface area (Å²) < 4.78 is 0. The van der Waals surface area contributed by atoms with Gasteiger partial charge in [-0.3, -0.25) is 0 Å². The Labute approximate surface area is 102 Å². The van der Waals surface area contributed by atoms with Gasteiger partial charge in [0.2, 0.25) is 0 Å². The zero-order valence-electron chi connectivity index (χ0n) is 10.1. The van der Waals surface area contributed by atoms with Crippen LogP contribution in [-0.2, 0) is 12.8 Å². The average molecular weight is 231 g/mol. The van der Waals surface area contributed by atoms with Gasteiger partial charge >= 0.3 is 0 Å². The quantitative estimate of drug-likeness (QED) is 0.847. The van der Waals surface area contributed by atoms with Crippen molar-refractivity contribution in [3.8, 4) is 6.07 Å². The molecule has 0 fully saturated rings. The Morgan fingerprint density at radius 1 is 1.53 bits per heavy atom. The van der Waals surface area contributed by atoms with E-state index in [9.17, 15) is 5.26 Å². The third kappa shape index (κ3) is 2.25. The van der Waals surface area contributed by atoms with E-state index < -0.39 is 0 Å². The molecule has 0 unspecified atom stereocenters. The van der Waals surface area contributed by atoms with Crippen molar-refractivity contribution in [1.29, 1.82) is 5.26 Å². The summed E-state index contributed by atoms with van der Waals surface area (Å²) in [6.45, 7) is 3.36. The highest BCUT2D eigenvalue weighted by atomic mass is 16.3. The number of nitrogens with zero attached hydrogens (tertiary/aromatic N) is 3. The number of hydrogen-bond acceptors (Lipinski definition) is 4. The molecule has 1 aliphatic carbocycles. The minimum absolute atomic E-state index is 0.0808. The summed E-state index contributed by atoms with van der Waals surface area (Å²) in [7, 11) is 0. The van der Waals surface area contributed by atoms with Gasteiger partial charge in [-0.2, -0.15) is 5.26 Å². The van der Waals surface area contributed by atoms with Crippen molar-refractivity contribution < 1.29 is 5.11 Å². The number of fused-ring (bicyclic) bond motifs is 1. The van der Waals surface area contributed by atoms with Crippen LogP contribution in [0.4, 0.5) is 5.82 Å². The summed E-state index contributed by atoms with van der Waals surface area (Å²) >= 11 is 0. The van der Waals surface area contributed by atoms with Crippen molar-refractivity contribution in [1.82, 2.24) is 4.98 Å². The number of aliphatic hydroxyl groups is 1. The van der Waals surface area contributed by atoms with E-state index in [4.69, 9.17) is 5.11 Å². The topological polar surface area (TPSA) is 60.1 Å². The third-order valence-corrected chi connectivity index (χ3v) is 3.20. The van der Waals surface area contributed by atoms with Crippen LogP contribution in [0.25, 0.3) is 0 Å². The third-order valence-electron chi connectivity index (χ3n) is 3.20. The fourth-order valence-electron chi connectivity index (χ4n) is 2.32. The molecule has 1 N–H and O–H groups in total. The summed E-state index contributed by atoms with van der Waals surface area (Å²) in [4.78, 5) is 6.56. The van der Waals surface area contributed by atoms with Crippen molar-refractivity contribution >= 4 is 5.82 Å². The van der Waals surface area contributed by atoms with Gasteiger partial charge in [-0.15, -0.1) is 0 Å². The highest BCUT2D eigenvalue weighted by Gasteiger charge is 2.19. The van der Waals surface area contributed by atoms with Gasteiger partial charge in [0.1, 0.15) is 11.9 Å². The molecule has 1 heterocycles. The zero-order valence-corrected chi connectivity index (χ0v) is 10.1. The van der Waals surface area contributed by atoms with E-state index in [-0.39, 0.29) is 6.61 Å². The van der Waals surface area contributed by atoms with Crippen LogP contribution in [0.15, 0.2) is 6.07 Å². The van der Waals surface area contributed by atoms with Crippen molar-refractivity contribution in [2.75, 3.05) is 24.6 Å². The standard InChI is InChI=1S/C13H17N3O/c1-2-16(6-7-17)13-11(9-14)8-10-4-3-5-12(10)15-13/h8,17H,2-7H2,1H3. The molecule has 0 saturated heterocycles. The van der Waals surface area contributed by atoms with E-state index in [0.717, 1.165) is 37.3 Å². The first kappa shape index (κ1) is 11.9. The van der Waals surface area contributed by atoms with Gasteiger partial charge < -0.3 is 10.0 Å². The molecule has 0 bridgehead atoms. The van der Waals surface area contributed by atoms with E-state index in [0.29, 0.717) is 12.1 Å². The van der Waals surface area contributed by atoms with E-state index in [1.54, 1.807) is 0 Å². The lowest BCUT2D eigenvalue weighted by atomic mass is 10.1. The lowest BCUT2D eigenvalue weighted by Gasteiger charge is -2.22. The summed E-state index contributed by atoms with van der Waals surface area (Å²) in [5.74, 6) is 0.727. The van der Waals surface area contributed by atoms with Gasteiger partial charge in [-0.25, -0.2) is 4.98 Å². The van der Waals surface area contributed by atoms with Gasteiger partial charge in [0.25, 0.3) is 0 Å². The molecule has 1 aromatic rings.